The van der Waals surface area contributed by atoms with Crippen molar-refractivity contribution in [1.29, 1.82) is 0 Å². The van der Waals surface area contributed by atoms with Gasteiger partial charge in [0.05, 0.1) is 28.5 Å². The number of thiazole rings is 1. The third kappa shape index (κ3) is 5.44. The van der Waals surface area contributed by atoms with Crippen molar-refractivity contribution in [3.63, 3.8) is 0 Å². The summed E-state index contributed by atoms with van der Waals surface area (Å²) in [6, 6.07) is 14.1. The Hall–Kier alpha value is -3.45. The monoisotopic (exact) mass is 557 g/mol. The number of fused-ring (bicyclic) bond motifs is 1. The molecule has 2 aromatic carbocycles. The number of hydrogen-bond acceptors (Lipinski definition) is 6. The van der Waals surface area contributed by atoms with Crippen LogP contribution in [0.3, 0.4) is 0 Å². The van der Waals surface area contributed by atoms with Crippen molar-refractivity contribution in [2.45, 2.75) is 72.3 Å². The Bertz CT molecular complexity index is 1610. The molecule has 0 aliphatic carbocycles. The van der Waals surface area contributed by atoms with Gasteiger partial charge in [0.15, 0.2) is 4.80 Å². The van der Waals surface area contributed by atoms with Crippen LogP contribution in [0.2, 0.25) is 0 Å². The van der Waals surface area contributed by atoms with Gasteiger partial charge in [-0.25, -0.2) is 9.79 Å². The first-order chi connectivity index (χ1) is 19.3. The van der Waals surface area contributed by atoms with Gasteiger partial charge in [-0.05, 0) is 79.5 Å². The van der Waals surface area contributed by atoms with E-state index in [1.165, 1.54) is 41.0 Å². The topological polar surface area (TPSA) is 63.9 Å². The van der Waals surface area contributed by atoms with Gasteiger partial charge in [-0.15, -0.1) is 0 Å². The Morgan fingerprint density at radius 3 is 2.48 bits per heavy atom. The summed E-state index contributed by atoms with van der Waals surface area (Å²) in [4.78, 5) is 35.3. The minimum atomic E-state index is -0.584. The van der Waals surface area contributed by atoms with Gasteiger partial charge in [-0.2, -0.15) is 0 Å². The average molecular weight is 558 g/mol. The van der Waals surface area contributed by atoms with E-state index in [0.717, 1.165) is 30.6 Å². The van der Waals surface area contributed by atoms with Crippen molar-refractivity contribution in [3.8, 4) is 0 Å². The number of rotatable bonds is 8. The zero-order valence-electron chi connectivity index (χ0n) is 24.2. The lowest BCUT2D eigenvalue weighted by molar-refractivity contribution is -0.139. The van der Waals surface area contributed by atoms with Gasteiger partial charge in [0.1, 0.15) is 0 Å². The van der Waals surface area contributed by atoms with Gasteiger partial charge in [0.25, 0.3) is 5.56 Å². The van der Waals surface area contributed by atoms with Crippen molar-refractivity contribution in [2.75, 3.05) is 24.6 Å². The number of aromatic nitrogens is 1. The maximum atomic E-state index is 14.0. The summed E-state index contributed by atoms with van der Waals surface area (Å²) in [7, 11) is 0. The number of allylic oxidation sites excluding steroid dienone is 1. The molecular formula is C33H39N3O3S. The normalized spacial score (nSPS) is 17.4. The minimum Gasteiger partial charge on any atom is -0.463 e. The summed E-state index contributed by atoms with van der Waals surface area (Å²) < 4.78 is 7.82. The Morgan fingerprint density at radius 2 is 1.85 bits per heavy atom. The van der Waals surface area contributed by atoms with Crippen LogP contribution in [-0.4, -0.2) is 30.2 Å². The maximum Gasteiger partial charge on any atom is 0.338 e. The van der Waals surface area contributed by atoms with E-state index in [1.54, 1.807) is 11.5 Å². The van der Waals surface area contributed by atoms with E-state index in [4.69, 9.17) is 9.73 Å². The van der Waals surface area contributed by atoms with Gasteiger partial charge in [0, 0.05) is 18.8 Å². The Balaban J connectivity index is 1.66. The molecule has 0 N–H and O–H groups in total. The fourth-order valence-electron chi connectivity index (χ4n) is 5.73. The van der Waals surface area contributed by atoms with Crippen LogP contribution in [0.4, 0.5) is 5.69 Å². The lowest BCUT2D eigenvalue weighted by atomic mass is 9.92. The smallest absolute Gasteiger partial charge is 0.338 e. The van der Waals surface area contributed by atoms with E-state index in [0.29, 0.717) is 32.9 Å². The van der Waals surface area contributed by atoms with Gasteiger partial charge in [-0.1, -0.05) is 68.9 Å². The molecule has 0 amide bonds. The summed E-state index contributed by atoms with van der Waals surface area (Å²) in [5, 5.41) is 0. The molecule has 0 unspecified atom stereocenters. The molecule has 2 aliphatic rings. The molecule has 1 atom stereocenters. The Labute approximate surface area is 240 Å². The fourth-order valence-corrected chi connectivity index (χ4v) is 6.75. The molecule has 3 heterocycles. The summed E-state index contributed by atoms with van der Waals surface area (Å²) in [6.45, 7) is 12.8. The lowest BCUT2D eigenvalue weighted by Gasteiger charge is -2.26. The maximum absolute atomic E-state index is 14.0. The third-order valence-corrected chi connectivity index (χ3v) is 8.76. The van der Waals surface area contributed by atoms with E-state index in [2.05, 4.69) is 62.9 Å². The van der Waals surface area contributed by atoms with Crippen LogP contribution < -0.4 is 19.8 Å². The molecule has 0 saturated carbocycles. The highest BCUT2D eigenvalue weighted by molar-refractivity contribution is 7.07. The predicted molar refractivity (Wildman–Crippen MR) is 163 cm³/mol. The van der Waals surface area contributed by atoms with E-state index < -0.39 is 12.0 Å². The number of esters is 1. The van der Waals surface area contributed by atoms with Crippen molar-refractivity contribution in [3.05, 3.63) is 95.7 Å². The van der Waals surface area contributed by atoms with Crippen LogP contribution in [0.15, 0.2) is 63.5 Å². The molecule has 2 aliphatic heterocycles. The largest absolute Gasteiger partial charge is 0.463 e. The lowest BCUT2D eigenvalue weighted by Crippen LogP contribution is -2.40. The number of nitrogens with zero attached hydrogens (tertiary/aromatic N) is 3. The van der Waals surface area contributed by atoms with Crippen LogP contribution in [0.5, 0.6) is 0 Å². The van der Waals surface area contributed by atoms with Gasteiger partial charge in [0.2, 0.25) is 0 Å². The van der Waals surface area contributed by atoms with Crippen LogP contribution in [0, 0.1) is 6.92 Å². The highest BCUT2D eigenvalue weighted by Crippen LogP contribution is 2.33. The number of ether oxygens (including phenoxy) is 1. The highest BCUT2D eigenvalue weighted by Gasteiger charge is 2.34. The van der Waals surface area contributed by atoms with Crippen LogP contribution in [-0.2, 0) is 9.53 Å². The second-order valence-corrected chi connectivity index (χ2v) is 12.0. The summed E-state index contributed by atoms with van der Waals surface area (Å²) in [5.41, 5.74) is 6.59. The second-order valence-electron chi connectivity index (χ2n) is 11.0. The third-order valence-electron chi connectivity index (χ3n) is 7.78. The van der Waals surface area contributed by atoms with Crippen molar-refractivity contribution >= 4 is 29.1 Å². The van der Waals surface area contributed by atoms with Crippen molar-refractivity contribution in [2.24, 2.45) is 4.99 Å². The molecule has 6 nitrogen and oxygen atoms in total. The Kier molecular flexibility index (Phi) is 8.40. The number of carbonyl (C=O) groups is 1. The molecule has 5 rings (SSSR count). The molecule has 1 saturated heterocycles. The predicted octanol–water partition coefficient (Wildman–Crippen LogP) is 5.61. The molecule has 1 aromatic heterocycles. The van der Waals surface area contributed by atoms with Crippen LogP contribution >= 0.6 is 11.3 Å². The molecule has 7 heteroatoms. The van der Waals surface area contributed by atoms with E-state index >= 15 is 0 Å². The number of carbonyl (C=O) groups excluding carboxylic acids is 1. The average Bonchev–Trinajstić information content (AvgIpc) is 3.57. The van der Waals surface area contributed by atoms with Gasteiger partial charge < -0.3 is 9.64 Å². The molecule has 1 fully saturated rings. The number of benzene rings is 2. The summed E-state index contributed by atoms with van der Waals surface area (Å²) >= 11 is 1.39. The first kappa shape index (κ1) is 28.1. The van der Waals surface area contributed by atoms with Crippen LogP contribution in [0.1, 0.15) is 87.6 Å². The number of hydrogen-bond donors (Lipinski definition) is 0. The van der Waals surface area contributed by atoms with E-state index in [-0.39, 0.29) is 12.2 Å². The van der Waals surface area contributed by atoms with Crippen molar-refractivity contribution in [1.82, 2.24) is 4.57 Å². The minimum absolute atomic E-state index is 0.139. The summed E-state index contributed by atoms with van der Waals surface area (Å²) in [6.07, 6.45) is 5.89. The first-order valence-corrected chi connectivity index (χ1v) is 15.3. The SMILES string of the molecule is CCCC1=C(C(=O)OCC)[C@@H](c2ccc(C(C)C)cc2)n2c(s/c(=C/c3ccc(N4CCCC4)c(C)c3)c2=O)=N1. The van der Waals surface area contributed by atoms with Crippen molar-refractivity contribution < 1.29 is 9.53 Å². The molecular weight excluding hydrogens is 518 g/mol. The molecule has 0 spiro atoms. The number of aryl methyl sites for hydroxylation is 1. The zero-order chi connectivity index (χ0) is 28.4. The van der Waals surface area contributed by atoms with E-state index in [9.17, 15) is 9.59 Å². The molecule has 210 valence electrons. The zero-order valence-corrected chi connectivity index (χ0v) is 25.0. The van der Waals surface area contributed by atoms with Gasteiger partial charge >= 0.3 is 5.97 Å². The van der Waals surface area contributed by atoms with E-state index in [1.807, 2.05) is 18.2 Å². The summed E-state index contributed by atoms with van der Waals surface area (Å²) in [5.74, 6) is -0.0258. The molecule has 40 heavy (non-hydrogen) atoms. The standard InChI is InChI=1S/C33H39N3O3S/c1-6-10-26-29(32(38)39-7-2)30(25-14-12-24(13-15-25)21(3)4)36-31(37)28(40-33(36)34-26)20-23-11-16-27(22(5)19-23)35-17-8-9-18-35/h11-16,19-21,30H,6-10,17-18H2,1-5H3/b28-20+/t30-/m1/s1. The van der Waals surface area contributed by atoms with Crippen LogP contribution in [0.25, 0.3) is 6.08 Å². The Morgan fingerprint density at radius 1 is 1.12 bits per heavy atom. The molecule has 0 bridgehead atoms. The quantitative estimate of drug-likeness (QED) is 0.338. The second kappa shape index (κ2) is 12.0. The molecule has 3 aromatic rings. The molecule has 0 radical (unpaired) electrons. The first-order valence-electron chi connectivity index (χ1n) is 14.5. The number of anilines is 1. The highest BCUT2D eigenvalue weighted by atomic mass is 32.1. The fraction of sp³-hybridized carbons (Fsp3) is 0.424. The van der Waals surface area contributed by atoms with Gasteiger partial charge in [-0.3, -0.25) is 9.36 Å².